The lowest BCUT2D eigenvalue weighted by molar-refractivity contribution is -0.140. The summed E-state index contributed by atoms with van der Waals surface area (Å²) >= 11 is 0. The second-order valence-electron chi connectivity index (χ2n) is 10.3. The van der Waals surface area contributed by atoms with Crippen molar-refractivity contribution in [3.63, 3.8) is 0 Å². The highest BCUT2D eigenvalue weighted by molar-refractivity contribution is 7.89. The number of methoxy groups -OCH3 is 1. The second-order valence-corrected chi connectivity index (χ2v) is 12.3. The van der Waals surface area contributed by atoms with Gasteiger partial charge >= 0.3 is 0 Å². The van der Waals surface area contributed by atoms with Crippen molar-refractivity contribution in [3.05, 3.63) is 95.6 Å². The van der Waals surface area contributed by atoms with E-state index in [0.717, 1.165) is 29.5 Å². The molecule has 0 spiro atoms. The number of amides is 2. The minimum absolute atomic E-state index is 0.153. The van der Waals surface area contributed by atoms with E-state index >= 15 is 0 Å². The number of sulfonamides is 1. The monoisotopic (exact) mass is 577 g/mol. The number of carbonyl (C=O) groups is 2. The van der Waals surface area contributed by atoms with Crippen molar-refractivity contribution in [2.75, 3.05) is 26.7 Å². The number of ether oxygens (including phenoxy) is 1. The largest absolute Gasteiger partial charge is 0.497 e. The van der Waals surface area contributed by atoms with E-state index in [9.17, 15) is 18.0 Å². The zero-order chi connectivity index (χ0) is 29.2. The van der Waals surface area contributed by atoms with Crippen LogP contribution in [0, 0.1) is 0 Å². The molecular weight excluding hydrogens is 538 g/mol. The molecule has 3 aromatic rings. The SMILES string of the molecule is COc1ccc(CN(C(=O)CCc2ccc(S(=O)(=O)N3CCCC3)cc2)[C@H](C)C(=O)NCCc2ccccc2)cc1. The van der Waals surface area contributed by atoms with Crippen LogP contribution in [0.5, 0.6) is 5.75 Å². The number of rotatable bonds is 13. The summed E-state index contributed by atoms with van der Waals surface area (Å²) < 4.78 is 32.4. The first kappa shape index (κ1) is 30.3. The molecule has 2 amide bonds. The van der Waals surface area contributed by atoms with Gasteiger partial charge in [0.1, 0.15) is 11.8 Å². The Morgan fingerprint density at radius 1 is 0.878 bits per heavy atom. The summed E-state index contributed by atoms with van der Waals surface area (Å²) in [5, 5.41) is 2.97. The Kier molecular flexibility index (Phi) is 10.5. The van der Waals surface area contributed by atoms with Gasteiger partial charge in [0.25, 0.3) is 0 Å². The van der Waals surface area contributed by atoms with Gasteiger partial charge in [0.05, 0.1) is 12.0 Å². The zero-order valence-electron chi connectivity index (χ0n) is 23.8. The normalized spacial score (nSPS) is 14.4. The maximum Gasteiger partial charge on any atom is 0.243 e. The molecule has 1 heterocycles. The number of hydrogen-bond acceptors (Lipinski definition) is 5. The molecule has 0 aromatic heterocycles. The molecule has 1 saturated heterocycles. The quantitative estimate of drug-likeness (QED) is 0.329. The van der Waals surface area contributed by atoms with Gasteiger partial charge in [-0.3, -0.25) is 9.59 Å². The van der Waals surface area contributed by atoms with Crippen LogP contribution in [0.15, 0.2) is 83.8 Å². The van der Waals surface area contributed by atoms with E-state index in [2.05, 4.69) is 5.32 Å². The molecule has 3 aromatic carbocycles. The first-order valence-corrected chi connectivity index (χ1v) is 15.5. The third-order valence-electron chi connectivity index (χ3n) is 7.49. The molecule has 0 bridgehead atoms. The maximum absolute atomic E-state index is 13.5. The summed E-state index contributed by atoms with van der Waals surface area (Å²) in [6.07, 6.45) is 3.10. The lowest BCUT2D eigenvalue weighted by atomic mass is 10.1. The molecule has 8 nitrogen and oxygen atoms in total. The predicted octanol–water partition coefficient (Wildman–Crippen LogP) is 4.19. The Morgan fingerprint density at radius 3 is 2.12 bits per heavy atom. The molecule has 0 unspecified atom stereocenters. The topological polar surface area (TPSA) is 96.0 Å². The first-order valence-electron chi connectivity index (χ1n) is 14.1. The molecule has 1 aliphatic rings. The Hall–Kier alpha value is -3.69. The standard InChI is InChI=1S/C32H39N3O5S/c1-25(32(37)33-21-20-26-8-4-3-5-9-26)35(24-28-10-15-29(40-2)16-11-28)31(36)19-14-27-12-17-30(18-13-27)41(38,39)34-22-6-7-23-34/h3-5,8-13,15-18,25H,6-7,14,19-24H2,1-2H3,(H,33,37)/t25-/m1/s1. The van der Waals surface area contributed by atoms with Crippen LogP contribution in [-0.4, -0.2) is 62.2 Å². The molecule has 0 radical (unpaired) electrons. The van der Waals surface area contributed by atoms with E-state index in [1.165, 1.54) is 4.31 Å². The van der Waals surface area contributed by atoms with Crippen LogP contribution in [0.1, 0.15) is 42.9 Å². The molecule has 1 N–H and O–H groups in total. The molecule has 1 aliphatic heterocycles. The Labute approximate surface area is 243 Å². The molecule has 0 saturated carbocycles. The average Bonchev–Trinajstić information content (AvgIpc) is 3.56. The summed E-state index contributed by atoms with van der Waals surface area (Å²) in [6.45, 7) is 3.62. The summed E-state index contributed by atoms with van der Waals surface area (Å²) in [5.41, 5.74) is 2.88. The van der Waals surface area contributed by atoms with Crippen molar-refractivity contribution >= 4 is 21.8 Å². The number of nitrogens with zero attached hydrogens (tertiary/aromatic N) is 2. The van der Waals surface area contributed by atoms with E-state index in [1.807, 2.05) is 54.6 Å². The van der Waals surface area contributed by atoms with Gasteiger partial charge in [-0.25, -0.2) is 8.42 Å². The lowest BCUT2D eigenvalue weighted by Crippen LogP contribution is -2.48. The average molecular weight is 578 g/mol. The van der Waals surface area contributed by atoms with E-state index in [1.54, 1.807) is 43.2 Å². The molecule has 41 heavy (non-hydrogen) atoms. The molecule has 0 aliphatic carbocycles. The Balaban J connectivity index is 1.40. The molecule has 218 valence electrons. The first-order chi connectivity index (χ1) is 19.8. The molecule has 1 atom stereocenters. The van der Waals surface area contributed by atoms with Gasteiger partial charge in [0.15, 0.2) is 0 Å². The van der Waals surface area contributed by atoms with Crippen LogP contribution in [0.4, 0.5) is 0 Å². The number of aryl methyl sites for hydroxylation is 1. The van der Waals surface area contributed by atoms with Gasteiger partial charge in [0, 0.05) is 32.6 Å². The summed E-state index contributed by atoms with van der Waals surface area (Å²) in [6, 6.07) is 23.5. The van der Waals surface area contributed by atoms with E-state index in [4.69, 9.17) is 4.74 Å². The minimum atomic E-state index is -3.48. The summed E-state index contributed by atoms with van der Waals surface area (Å²) in [5.74, 6) is 0.355. The van der Waals surface area contributed by atoms with E-state index < -0.39 is 16.1 Å². The van der Waals surface area contributed by atoms with Gasteiger partial charge in [-0.1, -0.05) is 54.6 Å². The summed E-state index contributed by atoms with van der Waals surface area (Å²) in [4.78, 5) is 28.5. The smallest absolute Gasteiger partial charge is 0.243 e. The van der Waals surface area contributed by atoms with Gasteiger partial charge in [-0.15, -0.1) is 0 Å². The lowest BCUT2D eigenvalue weighted by Gasteiger charge is -2.29. The van der Waals surface area contributed by atoms with Crippen LogP contribution in [0.25, 0.3) is 0 Å². The minimum Gasteiger partial charge on any atom is -0.497 e. The van der Waals surface area contributed by atoms with Crippen molar-refractivity contribution in [2.45, 2.75) is 56.5 Å². The number of hydrogen-bond donors (Lipinski definition) is 1. The van der Waals surface area contributed by atoms with Crippen LogP contribution in [-0.2, 0) is 39.0 Å². The molecule has 9 heteroatoms. The highest BCUT2D eigenvalue weighted by atomic mass is 32.2. The van der Waals surface area contributed by atoms with Crippen LogP contribution >= 0.6 is 0 Å². The highest BCUT2D eigenvalue weighted by Crippen LogP contribution is 2.22. The molecule has 1 fully saturated rings. The van der Waals surface area contributed by atoms with E-state index in [-0.39, 0.29) is 29.7 Å². The van der Waals surface area contributed by atoms with Crippen LogP contribution in [0.2, 0.25) is 0 Å². The number of nitrogens with one attached hydrogen (secondary N) is 1. The Bertz CT molecular complexity index is 1390. The van der Waals surface area contributed by atoms with Gasteiger partial charge in [-0.05, 0) is 73.6 Å². The van der Waals surface area contributed by atoms with Crippen LogP contribution < -0.4 is 10.1 Å². The number of benzene rings is 3. The van der Waals surface area contributed by atoms with E-state index in [0.29, 0.717) is 38.2 Å². The molecule has 4 rings (SSSR count). The number of carbonyl (C=O) groups excluding carboxylic acids is 2. The fraction of sp³-hybridized carbons (Fsp3) is 0.375. The Morgan fingerprint density at radius 2 is 1.49 bits per heavy atom. The maximum atomic E-state index is 13.5. The van der Waals surface area contributed by atoms with Crippen molar-refractivity contribution in [2.24, 2.45) is 0 Å². The fourth-order valence-corrected chi connectivity index (χ4v) is 6.45. The third-order valence-corrected chi connectivity index (χ3v) is 9.40. The second kappa shape index (κ2) is 14.3. The van der Waals surface area contributed by atoms with Crippen molar-refractivity contribution in [1.29, 1.82) is 0 Å². The molecular formula is C32H39N3O5S. The van der Waals surface area contributed by atoms with Crippen molar-refractivity contribution in [1.82, 2.24) is 14.5 Å². The fourth-order valence-electron chi connectivity index (χ4n) is 4.93. The predicted molar refractivity (Wildman–Crippen MR) is 159 cm³/mol. The van der Waals surface area contributed by atoms with Crippen molar-refractivity contribution < 1.29 is 22.7 Å². The third kappa shape index (κ3) is 8.17. The summed E-state index contributed by atoms with van der Waals surface area (Å²) in [7, 11) is -1.88. The van der Waals surface area contributed by atoms with Gasteiger partial charge < -0.3 is 15.0 Å². The van der Waals surface area contributed by atoms with Gasteiger partial charge in [-0.2, -0.15) is 4.31 Å². The van der Waals surface area contributed by atoms with Crippen molar-refractivity contribution in [3.8, 4) is 5.75 Å². The van der Waals surface area contributed by atoms with Gasteiger partial charge in [0.2, 0.25) is 21.8 Å². The van der Waals surface area contributed by atoms with Crippen LogP contribution in [0.3, 0.4) is 0 Å². The zero-order valence-corrected chi connectivity index (χ0v) is 24.6. The highest BCUT2D eigenvalue weighted by Gasteiger charge is 2.28.